The maximum atomic E-state index is 12.4. The Morgan fingerprint density at radius 1 is 1.13 bits per heavy atom. The molecule has 0 unspecified atom stereocenters. The Morgan fingerprint density at radius 3 is 2.61 bits per heavy atom. The average molecular weight is 370 g/mol. The number of sulfonamides is 1. The van der Waals surface area contributed by atoms with Gasteiger partial charge in [0.05, 0.1) is 26.7 Å². The van der Waals surface area contributed by atoms with Crippen molar-refractivity contribution in [2.45, 2.75) is 18.4 Å². The molecule has 8 heteroatoms. The summed E-state index contributed by atoms with van der Waals surface area (Å²) in [6, 6.07) is 9.45. The molecular formula is C15H13Cl2N3O2S. The van der Waals surface area contributed by atoms with Gasteiger partial charge in [-0.1, -0.05) is 23.2 Å². The SMILES string of the molecule is CCn1ncc2cc(NS(=O)(=O)c3ccc(Cl)c(Cl)c3)ccc21. The molecule has 1 aromatic heterocycles. The van der Waals surface area contributed by atoms with Gasteiger partial charge in [0.25, 0.3) is 10.0 Å². The van der Waals surface area contributed by atoms with E-state index in [2.05, 4.69) is 9.82 Å². The molecule has 0 saturated carbocycles. The standard InChI is InChI=1S/C15H13Cl2N3O2S/c1-2-20-15-6-3-11(7-10(15)9-18-20)19-23(21,22)12-4-5-13(16)14(17)8-12/h3-9,19H,2H2,1H3. The van der Waals surface area contributed by atoms with E-state index < -0.39 is 10.0 Å². The summed E-state index contributed by atoms with van der Waals surface area (Å²) in [6.07, 6.45) is 1.70. The number of aromatic nitrogens is 2. The fraction of sp³-hybridized carbons (Fsp3) is 0.133. The van der Waals surface area contributed by atoms with Gasteiger partial charge in [-0.2, -0.15) is 5.10 Å². The van der Waals surface area contributed by atoms with Crippen molar-refractivity contribution >= 4 is 49.8 Å². The molecule has 0 saturated heterocycles. The number of benzene rings is 2. The van der Waals surface area contributed by atoms with Gasteiger partial charge in [0, 0.05) is 17.6 Å². The number of nitrogens with zero attached hydrogens (tertiary/aromatic N) is 2. The molecule has 2 aromatic carbocycles. The van der Waals surface area contributed by atoms with Gasteiger partial charge in [0.1, 0.15) is 0 Å². The number of hydrogen-bond donors (Lipinski definition) is 1. The van der Waals surface area contributed by atoms with E-state index in [9.17, 15) is 8.42 Å². The Kier molecular flexibility index (Phi) is 4.23. The second kappa shape index (κ2) is 6.03. The van der Waals surface area contributed by atoms with E-state index in [0.717, 1.165) is 17.4 Å². The molecule has 23 heavy (non-hydrogen) atoms. The van der Waals surface area contributed by atoms with Crippen molar-refractivity contribution in [3.05, 3.63) is 52.6 Å². The van der Waals surface area contributed by atoms with E-state index in [4.69, 9.17) is 23.2 Å². The number of fused-ring (bicyclic) bond motifs is 1. The van der Waals surface area contributed by atoms with Gasteiger partial charge in [-0.15, -0.1) is 0 Å². The van der Waals surface area contributed by atoms with Crippen LogP contribution in [0.2, 0.25) is 10.0 Å². The molecule has 1 N–H and O–H groups in total. The normalized spacial score (nSPS) is 11.8. The molecule has 0 atom stereocenters. The molecule has 0 radical (unpaired) electrons. The molecule has 0 aliphatic rings. The van der Waals surface area contributed by atoms with Crippen LogP contribution in [0.1, 0.15) is 6.92 Å². The summed E-state index contributed by atoms with van der Waals surface area (Å²) in [4.78, 5) is 0.0521. The van der Waals surface area contributed by atoms with Crippen LogP contribution < -0.4 is 4.72 Å². The molecule has 5 nitrogen and oxygen atoms in total. The Hall–Kier alpha value is -1.76. The van der Waals surface area contributed by atoms with E-state index in [1.54, 1.807) is 18.3 Å². The van der Waals surface area contributed by atoms with Crippen LogP contribution in [0.3, 0.4) is 0 Å². The maximum Gasteiger partial charge on any atom is 0.261 e. The van der Waals surface area contributed by atoms with Crippen LogP contribution >= 0.6 is 23.2 Å². The fourth-order valence-corrected chi connectivity index (χ4v) is 3.70. The zero-order valence-electron chi connectivity index (χ0n) is 12.1. The third-order valence-corrected chi connectivity index (χ3v) is 5.51. The second-order valence-electron chi connectivity index (χ2n) is 4.92. The molecule has 0 fully saturated rings. The van der Waals surface area contributed by atoms with Crippen molar-refractivity contribution < 1.29 is 8.42 Å². The quantitative estimate of drug-likeness (QED) is 0.750. The van der Waals surface area contributed by atoms with Crippen molar-refractivity contribution in [2.24, 2.45) is 0 Å². The summed E-state index contributed by atoms with van der Waals surface area (Å²) in [5, 5.41) is 5.59. The van der Waals surface area contributed by atoms with Gasteiger partial charge in [-0.05, 0) is 43.3 Å². The average Bonchev–Trinajstić information content (AvgIpc) is 2.91. The molecule has 3 rings (SSSR count). The molecule has 1 heterocycles. The summed E-state index contributed by atoms with van der Waals surface area (Å²) >= 11 is 11.7. The number of anilines is 1. The van der Waals surface area contributed by atoms with Crippen LogP contribution in [-0.4, -0.2) is 18.2 Å². The van der Waals surface area contributed by atoms with Crippen LogP contribution in [0, 0.1) is 0 Å². The third kappa shape index (κ3) is 3.15. The molecule has 0 aliphatic carbocycles. The molecule has 0 amide bonds. The van der Waals surface area contributed by atoms with E-state index in [1.165, 1.54) is 18.2 Å². The summed E-state index contributed by atoms with van der Waals surface area (Å²) in [5.74, 6) is 0. The van der Waals surface area contributed by atoms with Gasteiger partial charge in [0.15, 0.2) is 0 Å². The van der Waals surface area contributed by atoms with Crippen LogP contribution in [-0.2, 0) is 16.6 Å². The summed E-state index contributed by atoms with van der Waals surface area (Å²) in [6.45, 7) is 2.74. The number of aryl methyl sites for hydroxylation is 1. The van der Waals surface area contributed by atoms with Crippen LogP contribution in [0.5, 0.6) is 0 Å². The predicted molar refractivity (Wildman–Crippen MR) is 92.7 cm³/mol. The van der Waals surface area contributed by atoms with Crippen molar-refractivity contribution in [2.75, 3.05) is 4.72 Å². The van der Waals surface area contributed by atoms with Crippen molar-refractivity contribution in [3.8, 4) is 0 Å². The lowest BCUT2D eigenvalue weighted by atomic mass is 10.2. The van der Waals surface area contributed by atoms with Crippen LogP contribution in [0.15, 0.2) is 47.5 Å². The highest BCUT2D eigenvalue weighted by Crippen LogP contribution is 2.27. The van der Waals surface area contributed by atoms with Crippen molar-refractivity contribution in [3.63, 3.8) is 0 Å². The Balaban J connectivity index is 1.95. The monoisotopic (exact) mass is 369 g/mol. The van der Waals surface area contributed by atoms with Crippen LogP contribution in [0.25, 0.3) is 10.9 Å². The number of hydrogen-bond acceptors (Lipinski definition) is 3. The maximum absolute atomic E-state index is 12.4. The smallest absolute Gasteiger partial charge is 0.261 e. The zero-order chi connectivity index (χ0) is 16.6. The zero-order valence-corrected chi connectivity index (χ0v) is 14.5. The fourth-order valence-electron chi connectivity index (χ4n) is 2.26. The molecule has 0 aliphatic heterocycles. The summed E-state index contributed by atoms with van der Waals surface area (Å²) in [7, 11) is -3.74. The minimum Gasteiger partial charge on any atom is -0.280 e. The Labute approximate surface area is 143 Å². The van der Waals surface area contributed by atoms with E-state index >= 15 is 0 Å². The second-order valence-corrected chi connectivity index (χ2v) is 7.41. The molecular weight excluding hydrogens is 357 g/mol. The highest BCUT2D eigenvalue weighted by Gasteiger charge is 2.16. The summed E-state index contributed by atoms with van der Waals surface area (Å²) < 4.78 is 29.2. The molecule has 3 aromatic rings. The Bertz CT molecular complexity index is 984. The minimum absolute atomic E-state index is 0.0521. The third-order valence-electron chi connectivity index (χ3n) is 3.39. The lowest BCUT2D eigenvalue weighted by molar-refractivity contribution is 0.601. The van der Waals surface area contributed by atoms with E-state index in [1.807, 2.05) is 17.7 Å². The van der Waals surface area contributed by atoms with Crippen molar-refractivity contribution in [1.29, 1.82) is 0 Å². The van der Waals surface area contributed by atoms with Gasteiger partial charge < -0.3 is 0 Å². The van der Waals surface area contributed by atoms with Gasteiger partial charge >= 0.3 is 0 Å². The lowest BCUT2D eigenvalue weighted by Gasteiger charge is -2.09. The Morgan fingerprint density at radius 2 is 1.91 bits per heavy atom. The van der Waals surface area contributed by atoms with E-state index in [-0.39, 0.29) is 9.92 Å². The predicted octanol–water partition coefficient (Wildman–Crippen LogP) is 4.16. The lowest BCUT2D eigenvalue weighted by Crippen LogP contribution is -2.12. The number of nitrogens with one attached hydrogen (secondary N) is 1. The molecule has 120 valence electrons. The van der Waals surface area contributed by atoms with Gasteiger partial charge in [0.2, 0.25) is 0 Å². The first-order chi connectivity index (χ1) is 10.9. The van der Waals surface area contributed by atoms with Crippen molar-refractivity contribution in [1.82, 2.24) is 9.78 Å². The first kappa shape index (κ1) is 16.1. The van der Waals surface area contributed by atoms with Gasteiger partial charge in [-0.25, -0.2) is 8.42 Å². The van der Waals surface area contributed by atoms with Crippen LogP contribution in [0.4, 0.5) is 5.69 Å². The van der Waals surface area contributed by atoms with E-state index in [0.29, 0.717) is 10.7 Å². The molecule has 0 bridgehead atoms. The highest BCUT2D eigenvalue weighted by molar-refractivity contribution is 7.92. The minimum atomic E-state index is -3.74. The summed E-state index contributed by atoms with van der Waals surface area (Å²) in [5.41, 5.74) is 1.41. The first-order valence-corrected chi connectivity index (χ1v) is 9.08. The topological polar surface area (TPSA) is 64.0 Å². The highest BCUT2D eigenvalue weighted by atomic mass is 35.5. The first-order valence-electron chi connectivity index (χ1n) is 6.84. The number of rotatable bonds is 4. The molecule has 0 spiro atoms. The van der Waals surface area contributed by atoms with Gasteiger partial charge in [-0.3, -0.25) is 9.40 Å². The number of halogens is 2. The largest absolute Gasteiger partial charge is 0.280 e.